The molecule has 0 unspecified atom stereocenters. The summed E-state index contributed by atoms with van der Waals surface area (Å²) in [5.41, 5.74) is 0.902. The summed E-state index contributed by atoms with van der Waals surface area (Å²) in [6.45, 7) is 1.92. The molecule has 0 atom stereocenters. The van der Waals surface area contributed by atoms with Crippen molar-refractivity contribution in [2.45, 2.75) is 32.6 Å². The lowest BCUT2D eigenvalue weighted by molar-refractivity contribution is 0.0697. The molecule has 0 saturated carbocycles. The highest BCUT2D eigenvalue weighted by atomic mass is 32.2. The van der Waals surface area contributed by atoms with Gasteiger partial charge in [-0.05, 0) is 31.2 Å². The van der Waals surface area contributed by atoms with E-state index < -0.39 is 16.2 Å². The third-order valence-electron chi connectivity index (χ3n) is 2.95. The number of nitrogens with one attached hydrogen (secondary N) is 2. The summed E-state index contributed by atoms with van der Waals surface area (Å²) in [4.78, 5) is 12.3. The van der Waals surface area contributed by atoms with E-state index in [0.29, 0.717) is 6.42 Å². The lowest BCUT2D eigenvalue weighted by Gasteiger charge is -2.10. The molecule has 1 heterocycles. The van der Waals surface area contributed by atoms with Gasteiger partial charge in [-0.1, -0.05) is 6.92 Å². The van der Waals surface area contributed by atoms with Crippen molar-refractivity contribution in [3.63, 3.8) is 0 Å². The molecule has 1 aliphatic carbocycles. The molecule has 6 nitrogen and oxygen atoms in total. The van der Waals surface area contributed by atoms with Gasteiger partial charge in [0.25, 0.3) is 10.2 Å². The molecule has 3 N–H and O–H groups in total. The zero-order valence-electron chi connectivity index (χ0n) is 10.5. The minimum absolute atomic E-state index is 0.112. The third-order valence-corrected chi connectivity index (χ3v) is 5.42. The van der Waals surface area contributed by atoms with E-state index in [1.807, 2.05) is 0 Å². The molecule has 0 bridgehead atoms. The number of hydrogen-bond donors (Lipinski definition) is 3. The number of rotatable bonds is 5. The molecule has 1 aromatic heterocycles. The van der Waals surface area contributed by atoms with E-state index in [1.54, 1.807) is 6.92 Å². The number of thiophene rings is 1. The lowest BCUT2D eigenvalue weighted by Crippen LogP contribution is -2.30. The molecule has 0 spiro atoms. The number of carboxylic acid groups (broad SMARTS) is 1. The summed E-state index contributed by atoms with van der Waals surface area (Å²) in [5.74, 6) is -1.08. The molecule has 1 aliphatic rings. The fourth-order valence-electron chi connectivity index (χ4n) is 2.21. The van der Waals surface area contributed by atoms with E-state index in [2.05, 4.69) is 9.44 Å². The van der Waals surface area contributed by atoms with Gasteiger partial charge >= 0.3 is 5.97 Å². The quantitative estimate of drug-likeness (QED) is 0.770. The van der Waals surface area contributed by atoms with Gasteiger partial charge in [0.1, 0.15) is 5.00 Å². The van der Waals surface area contributed by atoms with E-state index >= 15 is 0 Å². The minimum atomic E-state index is -3.69. The molecular formula is C11H16N2O4S2. The fraction of sp³-hybridized carbons (Fsp3) is 0.545. The lowest BCUT2D eigenvalue weighted by atomic mass is 9.96. The van der Waals surface area contributed by atoms with Gasteiger partial charge in [-0.3, -0.25) is 4.72 Å². The maximum absolute atomic E-state index is 11.7. The molecule has 0 amide bonds. The Labute approximate surface area is 116 Å². The van der Waals surface area contributed by atoms with Crippen LogP contribution in [0.15, 0.2) is 0 Å². The van der Waals surface area contributed by atoms with Crippen molar-refractivity contribution in [3.8, 4) is 0 Å². The van der Waals surface area contributed by atoms with Gasteiger partial charge in [-0.25, -0.2) is 4.79 Å². The van der Waals surface area contributed by atoms with E-state index in [0.717, 1.165) is 29.7 Å². The highest BCUT2D eigenvalue weighted by molar-refractivity contribution is 7.91. The van der Waals surface area contributed by atoms with E-state index in [-0.39, 0.29) is 17.1 Å². The first-order chi connectivity index (χ1) is 8.94. The smallest absolute Gasteiger partial charge is 0.339 e. The van der Waals surface area contributed by atoms with E-state index in [1.165, 1.54) is 11.3 Å². The number of carboxylic acids is 1. The molecule has 0 saturated heterocycles. The van der Waals surface area contributed by atoms with Crippen LogP contribution in [0.4, 0.5) is 5.00 Å². The van der Waals surface area contributed by atoms with Gasteiger partial charge in [0.2, 0.25) is 0 Å². The van der Waals surface area contributed by atoms with Crippen LogP contribution in [0.1, 0.15) is 40.6 Å². The number of anilines is 1. The molecule has 8 heteroatoms. The van der Waals surface area contributed by atoms with Crippen LogP contribution in [0.5, 0.6) is 0 Å². The van der Waals surface area contributed by atoms with Gasteiger partial charge < -0.3 is 5.11 Å². The predicted octanol–water partition coefficient (Wildman–Crippen LogP) is 1.59. The van der Waals surface area contributed by atoms with E-state index in [4.69, 9.17) is 0 Å². The summed E-state index contributed by atoms with van der Waals surface area (Å²) in [6, 6.07) is 0. The average molecular weight is 304 g/mol. The summed E-state index contributed by atoms with van der Waals surface area (Å²) in [7, 11) is -3.69. The molecule has 0 aliphatic heterocycles. The Morgan fingerprint density at radius 2 is 2.05 bits per heavy atom. The Morgan fingerprint density at radius 1 is 1.37 bits per heavy atom. The largest absolute Gasteiger partial charge is 0.478 e. The zero-order valence-corrected chi connectivity index (χ0v) is 12.2. The predicted molar refractivity (Wildman–Crippen MR) is 74.1 cm³/mol. The number of fused-ring (bicyclic) bond motifs is 1. The molecule has 2 rings (SSSR count). The van der Waals surface area contributed by atoms with Crippen molar-refractivity contribution in [1.29, 1.82) is 0 Å². The first-order valence-electron chi connectivity index (χ1n) is 6.10. The second-order valence-electron chi connectivity index (χ2n) is 4.32. The zero-order chi connectivity index (χ0) is 14.0. The summed E-state index contributed by atoms with van der Waals surface area (Å²) < 4.78 is 28.0. The molecule has 0 fully saturated rings. The number of aryl methyl sites for hydroxylation is 1. The topological polar surface area (TPSA) is 95.5 Å². The monoisotopic (exact) mass is 304 g/mol. The normalized spacial score (nSPS) is 15.0. The average Bonchev–Trinajstić information content (AvgIpc) is 2.65. The van der Waals surface area contributed by atoms with Crippen LogP contribution in [0, 0.1) is 0 Å². The van der Waals surface area contributed by atoms with Crippen LogP contribution in [0.25, 0.3) is 0 Å². The Morgan fingerprint density at radius 3 is 2.68 bits per heavy atom. The summed E-state index contributed by atoms with van der Waals surface area (Å²) in [5, 5.41) is 9.50. The van der Waals surface area contributed by atoms with Crippen molar-refractivity contribution < 1.29 is 18.3 Å². The van der Waals surface area contributed by atoms with Gasteiger partial charge in [0.05, 0.1) is 5.56 Å². The van der Waals surface area contributed by atoms with Crippen LogP contribution in [0.2, 0.25) is 0 Å². The fourth-order valence-corrected chi connectivity index (χ4v) is 4.64. The maximum atomic E-state index is 11.7. The van der Waals surface area contributed by atoms with Gasteiger partial charge in [-0.2, -0.15) is 13.1 Å². The molecule has 1 aromatic rings. The minimum Gasteiger partial charge on any atom is -0.478 e. The second kappa shape index (κ2) is 5.48. The van der Waals surface area contributed by atoms with Gasteiger partial charge in [0.15, 0.2) is 0 Å². The van der Waals surface area contributed by atoms with E-state index in [9.17, 15) is 18.3 Å². The third kappa shape index (κ3) is 3.07. The number of hydrogen-bond acceptors (Lipinski definition) is 4. The van der Waals surface area contributed by atoms with Gasteiger partial charge in [-0.15, -0.1) is 11.3 Å². The first-order valence-corrected chi connectivity index (χ1v) is 8.39. The second-order valence-corrected chi connectivity index (χ2v) is 6.93. The van der Waals surface area contributed by atoms with Crippen LogP contribution in [-0.4, -0.2) is 26.0 Å². The summed E-state index contributed by atoms with van der Waals surface area (Å²) in [6.07, 6.45) is 3.50. The van der Waals surface area contributed by atoms with Crippen LogP contribution >= 0.6 is 11.3 Å². The molecule has 106 valence electrons. The Balaban J connectivity index is 2.40. The van der Waals surface area contributed by atoms with Crippen molar-refractivity contribution >= 4 is 32.5 Å². The Bertz CT molecular complexity index is 592. The van der Waals surface area contributed by atoms with Crippen molar-refractivity contribution in [2.75, 3.05) is 11.3 Å². The van der Waals surface area contributed by atoms with Crippen LogP contribution in [0.3, 0.4) is 0 Å². The number of carbonyl (C=O) groups is 1. The van der Waals surface area contributed by atoms with Crippen molar-refractivity contribution in [3.05, 3.63) is 16.0 Å². The molecule has 0 aromatic carbocycles. The maximum Gasteiger partial charge on any atom is 0.339 e. The Hall–Kier alpha value is -1.12. The standard InChI is InChI=1S/C11H16N2O4S2/c1-2-12-19(16,17)13-10-9(11(14)15)7-5-3-4-6-8(7)18-10/h12-13H,2-6H2,1H3,(H,14,15). The molecule has 0 radical (unpaired) electrons. The van der Waals surface area contributed by atoms with Crippen molar-refractivity contribution in [2.24, 2.45) is 0 Å². The molecular weight excluding hydrogens is 288 g/mol. The summed E-state index contributed by atoms with van der Waals surface area (Å²) >= 11 is 1.23. The molecule has 19 heavy (non-hydrogen) atoms. The highest BCUT2D eigenvalue weighted by Crippen LogP contribution is 2.38. The van der Waals surface area contributed by atoms with Crippen molar-refractivity contribution in [1.82, 2.24) is 4.72 Å². The van der Waals surface area contributed by atoms with Crippen LogP contribution in [-0.2, 0) is 23.1 Å². The van der Waals surface area contributed by atoms with Crippen LogP contribution < -0.4 is 9.44 Å². The first kappa shape index (κ1) is 14.3. The number of aromatic carboxylic acids is 1. The Kier molecular flexibility index (Phi) is 4.12. The highest BCUT2D eigenvalue weighted by Gasteiger charge is 2.26. The van der Waals surface area contributed by atoms with Gasteiger partial charge in [0, 0.05) is 11.4 Å². The SMILES string of the molecule is CCNS(=O)(=O)Nc1sc2c(c1C(=O)O)CCCC2.